The van der Waals surface area contributed by atoms with E-state index in [0.29, 0.717) is 17.3 Å². The third kappa shape index (κ3) is 4.54. The van der Waals surface area contributed by atoms with Gasteiger partial charge in [-0.05, 0) is 38.0 Å². The predicted octanol–water partition coefficient (Wildman–Crippen LogP) is 1.50. The SMILES string of the molecule is NC(=O)c1cnc(N[C@H]2CC[C@H](O)CC2)nc1NCCC1CC1. The molecule has 7 heteroatoms. The zero-order valence-corrected chi connectivity index (χ0v) is 13.3. The number of aliphatic hydroxyl groups is 1. The van der Waals surface area contributed by atoms with Gasteiger partial charge in [0.2, 0.25) is 5.95 Å². The summed E-state index contributed by atoms with van der Waals surface area (Å²) >= 11 is 0. The van der Waals surface area contributed by atoms with Crippen molar-refractivity contribution in [3.63, 3.8) is 0 Å². The second kappa shape index (κ2) is 7.12. The molecule has 5 N–H and O–H groups in total. The van der Waals surface area contributed by atoms with Gasteiger partial charge in [0.25, 0.3) is 5.91 Å². The Bertz CT molecular complexity index is 553. The van der Waals surface area contributed by atoms with Crippen LogP contribution in [0, 0.1) is 5.92 Å². The van der Waals surface area contributed by atoms with Crippen molar-refractivity contribution in [1.82, 2.24) is 9.97 Å². The first-order valence-electron chi connectivity index (χ1n) is 8.47. The standard InChI is InChI=1S/C16H25N5O2/c17-14(23)13-9-19-16(20-11-3-5-12(22)6-4-11)21-15(13)18-8-7-10-1-2-10/h9-12,22H,1-8H2,(H2,17,23)(H2,18,19,20,21)/t11-,12-. The van der Waals surface area contributed by atoms with Gasteiger partial charge < -0.3 is 21.5 Å². The van der Waals surface area contributed by atoms with Crippen LogP contribution in [-0.4, -0.2) is 39.7 Å². The molecule has 0 saturated heterocycles. The maximum atomic E-state index is 11.5. The van der Waals surface area contributed by atoms with Crippen molar-refractivity contribution in [2.75, 3.05) is 17.2 Å². The van der Waals surface area contributed by atoms with Gasteiger partial charge in [0, 0.05) is 18.8 Å². The van der Waals surface area contributed by atoms with E-state index in [1.54, 1.807) is 0 Å². The molecule has 126 valence electrons. The molecule has 1 heterocycles. The van der Waals surface area contributed by atoms with Crippen LogP contribution in [0.3, 0.4) is 0 Å². The Morgan fingerprint density at radius 3 is 2.65 bits per heavy atom. The number of amides is 1. The molecule has 1 amide bonds. The van der Waals surface area contributed by atoms with Crippen LogP contribution in [0.4, 0.5) is 11.8 Å². The first kappa shape index (κ1) is 16.0. The average molecular weight is 319 g/mol. The molecule has 2 fully saturated rings. The molecule has 0 bridgehead atoms. The second-order valence-corrected chi connectivity index (χ2v) is 6.63. The number of primary amides is 1. The van der Waals surface area contributed by atoms with Gasteiger partial charge in [0.1, 0.15) is 5.82 Å². The lowest BCUT2D eigenvalue weighted by molar-refractivity contribution is 0.100. The van der Waals surface area contributed by atoms with Crippen LogP contribution in [0.1, 0.15) is 55.3 Å². The van der Waals surface area contributed by atoms with Gasteiger partial charge in [-0.2, -0.15) is 4.98 Å². The summed E-state index contributed by atoms with van der Waals surface area (Å²) in [5, 5.41) is 16.1. The molecular weight excluding hydrogens is 294 g/mol. The third-order valence-electron chi connectivity index (χ3n) is 4.63. The van der Waals surface area contributed by atoms with E-state index in [0.717, 1.165) is 44.6 Å². The highest BCUT2D eigenvalue weighted by Gasteiger charge is 2.22. The number of carbonyl (C=O) groups excluding carboxylic acids is 1. The van der Waals surface area contributed by atoms with E-state index in [4.69, 9.17) is 5.73 Å². The van der Waals surface area contributed by atoms with Gasteiger partial charge in [-0.15, -0.1) is 0 Å². The van der Waals surface area contributed by atoms with Crippen molar-refractivity contribution >= 4 is 17.7 Å². The van der Waals surface area contributed by atoms with Crippen LogP contribution in [0.2, 0.25) is 0 Å². The quantitative estimate of drug-likeness (QED) is 0.606. The maximum Gasteiger partial charge on any atom is 0.254 e. The minimum atomic E-state index is -0.522. The van der Waals surface area contributed by atoms with Gasteiger partial charge in [0.15, 0.2) is 0 Å². The molecule has 2 saturated carbocycles. The smallest absolute Gasteiger partial charge is 0.254 e. The highest BCUT2D eigenvalue weighted by atomic mass is 16.3. The summed E-state index contributed by atoms with van der Waals surface area (Å²) in [7, 11) is 0. The third-order valence-corrected chi connectivity index (χ3v) is 4.63. The fourth-order valence-electron chi connectivity index (χ4n) is 2.97. The molecule has 1 aromatic rings. The molecule has 2 aliphatic rings. The van der Waals surface area contributed by atoms with Crippen molar-refractivity contribution in [2.24, 2.45) is 11.7 Å². The largest absolute Gasteiger partial charge is 0.393 e. The monoisotopic (exact) mass is 319 g/mol. The molecule has 0 atom stereocenters. The topological polar surface area (TPSA) is 113 Å². The summed E-state index contributed by atoms with van der Waals surface area (Å²) in [5.41, 5.74) is 5.73. The maximum absolute atomic E-state index is 11.5. The molecule has 0 aliphatic heterocycles. The highest BCUT2D eigenvalue weighted by molar-refractivity contribution is 5.97. The molecule has 3 rings (SSSR count). The predicted molar refractivity (Wildman–Crippen MR) is 88.3 cm³/mol. The molecular formula is C16H25N5O2. The minimum absolute atomic E-state index is 0.189. The molecule has 7 nitrogen and oxygen atoms in total. The summed E-state index contributed by atoms with van der Waals surface area (Å²) in [5.74, 6) is 1.30. The number of aliphatic hydroxyl groups excluding tert-OH is 1. The van der Waals surface area contributed by atoms with E-state index < -0.39 is 5.91 Å². The molecule has 0 unspecified atom stereocenters. The number of hydrogen-bond donors (Lipinski definition) is 4. The molecule has 2 aliphatic carbocycles. The number of nitrogens with two attached hydrogens (primary N) is 1. The summed E-state index contributed by atoms with van der Waals surface area (Å²) in [6, 6.07) is 0.261. The number of rotatable bonds is 7. The highest BCUT2D eigenvalue weighted by Crippen LogP contribution is 2.32. The van der Waals surface area contributed by atoms with E-state index in [9.17, 15) is 9.90 Å². The number of nitrogens with one attached hydrogen (secondary N) is 2. The Labute approximate surface area is 136 Å². The van der Waals surface area contributed by atoms with E-state index >= 15 is 0 Å². The molecule has 0 aromatic carbocycles. The lowest BCUT2D eigenvalue weighted by Crippen LogP contribution is -2.29. The number of hydrogen-bond acceptors (Lipinski definition) is 6. The number of aromatic nitrogens is 2. The lowest BCUT2D eigenvalue weighted by atomic mass is 9.93. The van der Waals surface area contributed by atoms with E-state index in [1.807, 2.05) is 0 Å². The van der Waals surface area contributed by atoms with Crippen LogP contribution < -0.4 is 16.4 Å². The fraction of sp³-hybridized carbons (Fsp3) is 0.688. The van der Waals surface area contributed by atoms with Crippen molar-refractivity contribution in [1.29, 1.82) is 0 Å². The molecule has 1 aromatic heterocycles. The van der Waals surface area contributed by atoms with Crippen molar-refractivity contribution in [3.8, 4) is 0 Å². The van der Waals surface area contributed by atoms with E-state index in [-0.39, 0.29) is 12.1 Å². The van der Waals surface area contributed by atoms with Crippen molar-refractivity contribution in [2.45, 2.75) is 57.1 Å². The number of nitrogens with zero attached hydrogens (tertiary/aromatic N) is 2. The van der Waals surface area contributed by atoms with Gasteiger partial charge in [-0.3, -0.25) is 4.79 Å². The van der Waals surface area contributed by atoms with Crippen LogP contribution in [0.25, 0.3) is 0 Å². The normalized spacial score (nSPS) is 24.2. The van der Waals surface area contributed by atoms with Gasteiger partial charge in [-0.1, -0.05) is 12.8 Å². The molecule has 23 heavy (non-hydrogen) atoms. The first-order chi connectivity index (χ1) is 11.1. The summed E-state index contributed by atoms with van der Waals surface area (Å²) in [6.45, 7) is 0.789. The molecule has 0 radical (unpaired) electrons. The Morgan fingerprint density at radius 1 is 1.26 bits per heavy atom. The Hall–Kier alpha value is -1.89. The van der Waals surface area contributed by atoms with Gasteiger partial charge in [-0.25, -0.2) is 4.98 Å². The number of anilines is 2. The lowest BCUT2D eigenvalue weighted by Gasteiger charge is -2.26. The summed E-state index contributed by atoms with van der Waals surface area (Å²) in [4.78, 5) is 20.2. The van der Waals surface area contributed by atoms with Crippen LogP contribution in [0.5, 0.6) is 0 Å². The van der Waals surface area contributed by atoms with E-state index in [2.05, 4.69) is 20.6 Å². The minimum Gasteiger partial charge on any atom is -0.393 e. The zero-order chi connectivity index (χ0) is 16.2. The first-order valence-corrected chi connectivity index (χ1v) is 8.47. The average Bonchev–Trinajstić information content (AvgIpc) is 3.34. The Morgan fingerprint density at radius 2 is 2.00 bits per heavy atom. The van der Waals surface area contributed by atoms with Gasteiger partial charge in [0.05, 0.1) is 11.7 Å². The number of carbonyl (C=O) groups is 1. The van der Waals surface area contributed by atoms with Crippen molar-refractivity contribution < 1.29 is 9.90 Å². The van der Waals surface area contributed by atoms with Gasteiger partial charge >= 0.3 is 0 Å². The Kier molecular flexibility index (Phi) is 4.95. The van der Waals surface area contributed by atoms with Crippen molar-refractivity contribution in [3.05, 3.63) is 11.8 Å². The molecule has 0 spiro atoms. The summed E-state index contributed by atoms with van der Waals surface area (Å²) in [6.07, 6.45) is 8.36. The fourth-order valence-corrected chi connectivity index (χ4v) is 2.97. The van der Waals surface area contributed by atoms with Crippen LogP contribution in [0.15, 0.2) is 6.20 Å². The summed E-state index contributed by atoms with van der Waals surface area (Å²) < 4.78 is 0. The Balaban J connectivity index is 1.63. The van der Waals surface area contributed by atoms with Crippen LogP contribution >= 0.6 is 0 Å². The second-order valence-electron chi connectivity index (χ2n) is 6.63. The van der Waals surface area contributed by atoms with E-state index in [1.165, 1.54) is 19.0 Å². The van der Waals surface area contributed by atoms with Crippen LogP contribution in [-0.2, 0) is 0 Å². The zero-order valence-electron chi connectivity index (χ0n) is 13.3.